The van der Waals surface area contributed by atoms with Crippen LogP contribution in [0.25, 0.3) is 5.95 Å². The maximum absolute atomic E-state index is 14.4. The van der Waals surface area contributed by atoms with Crippen LogP contribution in [0.1, 0.15) is 86.6 Å². The monoisotopic (exact) mass is 827 g/mol. The quantitative estimate of drug-likeness (QED) is 0.222. The van der Waals surface area contributed by atoms with Gasteiger partial charge in [-0.25, -0.2) is 19.6 Å². The normalized spacial score (nSPS) is 36.8. The summed E-state index contributed by atoms with van der Waals surface area (Å²) in [6.45, 7) is 12.8. The van der Waals surface area contributed by atoms with Crippen molar-refractivity contribution >= 4 is 29.1 Å². The predicted molar refractivity (Wildman–Crippen MR) is 213 cm³/mol. The SMILES string of the molecule is CC[C@H]1OC(=O)[C@H](C)C(=O)[C@H](C)[C@@H](O[C@@H]2O[C@H](C)C[C@H](N(C)C)[C@H]2O)[C@@]2(C)C[C@@H](C)C(=NC(C)=O)C[C@@H](OC/C(=N/OCc3cnc(-n4cccn4)nc3)CO2)[C@]1(C)O. The molecule has 3 saturated heterocycles. The molecule has 1 amide bonds. The van der Waals surface area contributed by atoms with E-state index in [1.807, 2.05) is 32.8 Å². The number of ether oxygens (including phenoxy) is 5. The van der Waals surface area contributed by atoms with Gasteiger partial charge < -0.3 is 43.6 Å². The van der Waals surface area contributed by atoms with Gasteiger partial charge in [-0.05, 0) is 73.0 Å². The summed E-state index contributed by atoms with van der Waals surface area (Å²) in [4.78, 5) is 61.7. The number of Topliss-reactive ketones (excluding diaryl/α,β-unsaturated/α-hetero) is 1. The Morgan fingerprint density at radius 3 is 2.46 bits per heavy atom. The Hall–Kier alpha value is -4.04. The van der Waals surface area contributed by atoms with Gasteiger partial charge >= 0.3 is 5.97 Å². The minimum absolute atomic E-state index is 0.0150. The van der Waals surface area contributed by atoms with Crippen molar-refractivity contribution in [3.63, 3.8) is 0 Å². The zero-order valence-corrected chi connectivity index (χ0v) is 35.8. The number of aliphatic imine (C=N–C) groups is 1. The molecule has 0 saturated carbocycles. The second kappa shape index (κ2) is 19.6. The minimum Gasteiger partial charge on any atom is -0.459 e. The lowest BCUT2D eigenvalue weighted by molar-refractivity contribution is -0.296. The lowest BCUT2D eigenvalue weighted by Crippen LogP contribution is -2.59. The number of esters is 1. The molecular weight excluding hydrogens is 766 g/mol. The van der Waals surface area contributed by atoms with E-state index >= 15 is 0 Å². The maximum Gasteiger partial charge on any atom is 0.316 e. The molecule has 5 rings (SSSR count). The van der Waals surface area contributed by atoms with Gasteiger partial charge in [0.05, 0.1) is 37.1 Å². The standard InChI is InChI=1S/C41H61N7O11/c1-11-32-41(8,53)33-16-30(45-27(6)49)23(2)17-40(7,55-22-29(21-54-33)46-56-20-28-18-42-39(43-19-28)48-14-12-13-44-48)36(25(4)34(50)26(5)37(52)58-32)59-38-35(51)31(47(9)10)15-24(3)57-38/h12-14,18-19,23-26,31-33,35-36,38,51,53H,11,15-17,20-22H2,1-10H3/b45-30?,46-29-/t23-,24-,25+,26-,31+,32-,33-,35-,36-,38+,40-,41-/m1/s1. The lowest BCUT2D eigenvalue weighted by atomic mass is 9.76. The van der Waals surface area contributed by atoms with Crippen LogP contribution in [0.3, 0.4) is 0 Å². The van der Waals surface area contributed by atoms with E-state index in [1.54, 1.807) is 51.6 Å². The summed E-state index contributed by atoms with van der Waals surface area (Å²) < 4.78 is 33.7. The predicted octanol–water partition coefficient (Wildman–Crippen LogP) is 2.85. The number of likely N-dealkylation sites (N-methyl/N-ethyl adjacent to an activating group) is 1. The zero-order chi connectivity index (χ0) is 43.2. The van der Waals surface area contributed by atoms with Crippen molar-refractivity contribution in [2.45, 2.75) is 142 Å². The molecular formula is C41H61N7O11. The number of aliphatic hydroxyl groups excluding tert-OH is 1. The van der Waals surface area contributed by atoms with Gasteiger partial charge in [-0.15, -0.1) is 0 Å². The Labute approximate surface area is 345 Å². The molecule has 3 aliphatic heterocycles. The van der Waals surface area contributed by atoms with Crippen molar-refractivity contribution in [2.24, 2.45) is 27.9 Å². The number of carbonyl (C=O) groups is 3. The van der Waals surface area contributed by atoms with Gasteiger partial charge in [-0.3, -0.25) is 14.4 Å². The van der Waals surface area contributed by atoms with Crippen molar-refractivity contribution < 1.29 is 53.1 Å². The van der Waals surface area contributed by atoms with Crippen molar-refractivity contribution in [3.05, 3.63) is 36.4 Å². The number of aliphatic hydroxyl groups is 2. The molecule has 18 heteroatoms. The number of nitrogens with zero attached hydrogens (tertiary/aromatic N) is 7. The van der Waals surface area contributed by atoms with Crippen LogP contribution in [0.2, 0.25) is 0 Å². The number of fused-ring (bicyclic) bond motifs is 5. The summed E-state index contributed by atoms with van der Waals surface area (Å²) in [7, 11) is 3.72. The second-order valence-electron chi connectivity index (χ2n) is 16.7. The number of aromatic nitrogens is 4. The van der Waals surface area contributed by atoms with Gasteiger partial charge in [0.2, 0.25) is 11.9 Å². The highest BCUT2D eigenvalue weighted by molar-refractivity contribution is 6.00. The maximum atomic E-state index is 14.4. The number of carbonyl (C=O) groups excluding carboxylic acids is 3. The average molecular weight is 828 g/mol. The van der Waals surface area contributed by atoms with Gasteiger partial charge in [0.1, 0.15) is 36.0 Å². The smallest absolute Gasteiger partial charge is 0.316 e. The van der Waals surface area contributed by atoms with E-state index in [2.05, 4.69) is 25.2 Å². The number of cyclic esters (lactones) is 1. The molecule has 2 aromatic rings. The largest absolute Gasteiger partial charge is 0.459 e. The molecule has 0 radical (unpaired) electrons. The van der Waals surface area contributed by atoms with Crippen LogP contribution in [-0.2, 0) is 49.5 Å². The highest BCUT2D eigenvalue weighted by Crippen LogP contribution is 2.39. The topological polar surface area (TPSA) is 219 Å². The first kappa shape index (κ1) is 46.0. The summed E-state index contributed by atoms with van der Waals surface area (Å²) >= 11 is 0. The van der Waals surface area contributed by atoms with E-state index < -0.39 is 77.3 Å². The molecule has 2 aromatic heterocycles. The Kier molecular flexibility index (Phi) is 15.3. The van der Waals surface area contributed by atoms with Crippen LogP contribution in [0.15, 0.2) is 41.0 Å². The number of hydrogen-bond donors (Lipinski definition) is 2. The average Bonchev–Trinajstić information content (AvgIpc) is 3.73. The molecule has 0 aliphatic carbocycles. The molecule has 326 valence electrons. The molecule has 3 aliphatic rings. The molecule has 0 aromatic carbocycles. The highest BCUT2D eigenvalue weighted by atomic mass is 16.7. The van der Waals surface area contributed by atoms with Gasteiger partial charge in [-0.2, -0.15) is 5.10 Å². The number of ketones is 1. The van der Waals surface area contributed by atoms with Gasteiger partial charge in [0.25, 0.3) is 0 Å². The molecule has 59 heavy (non-hydrogen) atoms. The number of rotatable bonds is 8. The Morgan fingerprint density at radius 2 is 1.83 bits per heavy atom. The molecule has 2 bridgehead atoms. The number of oxime groups is 1. The molecule has 5 heterocycles. The molecule has 18 nitrogen and oxygen atoms in total. The van der Waals surface area contributed by atoms with Crippen LogP contribution in [0, 0.1) is 17.8 Å². The fraction of sp³-hybridized carbons (Fsp3) is 0.707. The number of amides is 1. The fourth-order valence-corrected chi connectivity index (χ4v) is 8.15. The van der Waals surface area contributed by atoms with Crippen molar-refractivity contribution in [2.75, 3.05) is 27.3 Å². The van der Waals surface area contributed by atoms with Gasteiger partial charge in [-0.1, -0.05) is 25.9 Å². The third-order valence-corrected chi connectivity index (χ3v) is 11.6. The third-order valence-electron chi connectivity index (χ3n) is 11.6. The summed E-state index contributed by atoms with van der Waals surface area (Å²) in [5.74, 6) is -4.23. The summed E-state index contributed by atoms with van der Waals surface area (Å²) in [6.07, 6.45) is 1.39. The Bertz CT molecular complexity index is 1800. The van der Waals surface area contributed by atoms with E-state index in [1.165, 1.54) is 25.5 Å². The zero-order valence-electron chi connectivity index (χ0n) is 35.8. The summed E-state index contributed by atoms with van der Waals surface area (Å²) in [6, 6.07) is 1.44. The molecule has 0 spiro atoms. The lowest BCUT2D eigenvalue weighted by Gasteiger charge is -2.47. The van der Waals surface area contributed by atoms with Crippen LogP contribution >= 0.6 is 0 Å². The van der Waals surface area contributed by atoms with Crippen molar-refractivity contribution in [3.8, 4) is 5.95 Å². The van der Waals surface area contributed by atoms with Crippen LogP contribution in [0.4, 0.5) is 0 Å². The summed E-state index contributed by atoms with van der Waals surface area (Å²) in [5, 5.41) is 32.4. The molecule has 12 atom stereocenters. The highest BCUT2D eigenvalue weighted by Gasteiger charge is 2.51. The second-order valence-corrected chi connectivity index (χ2v) is 16.7. The molecule has 3 fully saturated rings. The van der Waals surface area contributed by atoms with Crippen LogP contribution < -0.4 is 0 Å². The van der Waals surface area contributed by atoms with E-state index in [0.29, 0.717) is 23.6 Å². The Balaban J connectivity index is 1.60. The third kappa shape index (κ3) is 11.0. The van der Waals surface area contributed by atoms with E-state index in [-0.39, 0.29) is 56.9 Å². The Morgan fingerprint density at radius 1 is 1.12 bits per heavy atom. The minimum atomic E-state index is -1.84. The van der Waals surface area contributed by atoms with Crippen molar-refractivity contribution in [1.29, 1.82) is 0 Å². The van der Waals surface area contributed by atoms with E-state index in [0.717, 1.165) is 0 Å². The molecule has 2 N–H and O–H groups in total. The first-order valence-electron chi connectivity index (χ1n) is 20.3. The van der Waals surface area contributed by atoms with Crippen molar-refractivity contribution in [1.82, 2.24) is 24.6 Å². The molecule has 0 unspecified atom stereocenters. The first-order chi connectivity index (χ1) is 27.8. The number of hydrogen-bond acceptors (Lipinski definition) is 16. The fourth-order valence-electron chi connectivity index (χ4n) is 8.15. The van der Waals surface area contributed by atoms with E-state index in [9.17, 15) is 24.6 Å². The first-order valence-corrected chi connectivity index (χ1v) is 20.3. The van der Waals surface area contributed by atoms with Crippen LogP contribution in [0.5, 0.6) is 0 Å². The van der Waals surface area contributed by atoms with Gasteiger partial charge in [0.15, 0.2) is 12.1 Å². The van der Waals surface area contributed by atoms with Gasteiger partial charge in [0, 0.05) is 61.4 Å². The van der Waals surface area contributed by atoms with Crippen LogP contribution in [-0.4, -0.2) is 145 Å². The van der Waals surface area contributed by atoms with E-state index in [4.69, 9.17) is 28.5 Å². The summed E-state index contributed by atoms with van der Waals surface area (Å²) in [5.41, 5.74) is -1.95.